The minimum atomic E-state index is -2.32. The molecule has 2 aromatic rings. The molecule has 0 radical (unpaired) electrons. The van der Waals surface area contributed by atoms with E-state index in [4.69, 9.17) is 15.6 Å². The molecular formula is C18H26F3N5O2. The lowest BCUT2D eigenvalue weighted by Crippen LogP contribution is -2.36. The van der Waals surface area contributed by atoms with E-state index in [1.54, 1.807) is 4.90 Å². The molecule has 7 nitrogen and oxygen atoms in total. The topological polar surface area (TPSA) is 88.9 Å². The summed E-state index contributed by atoms with van der Waals surface area (Å²) in [5.41, 5.74) is 6.57. The summed E-state index contributed by atoms with van der Waals surface area (Å²) in [4.78, 5) is 5.52. The second-order valence-electron chi connectivity index (χ2n) is 7.17. The first-order chi connectivity index (χ1) is 13.4. The quantitative estimate of drug-likeness (QED) is 0.819. The number of aliphatic hydroxyl groups is 1. The fourth-order valence-corrected chi connectivity index (χ4v) is 3.61. The second kappa shape index (κ2) is 9.53. The van der Waals surface area contributed by atoms with Crippen molar-refractivity contribution in [2.75, 3.05) is 38.6 Å². The lowest BCUT2D eigenvalue weighted by Gasteiger charge is -2.31. The minimum absolute atomic E-state index is 0.0782. The van der Waals surface area contributed by atoms with Gasteiger partial charge in [-0.3, -0.25) is 4.90 Å². The summed E-state index contributed by atoms with van der Waals surface area (Å²) in [6.07, 6.45) is 2.17. The normalized spacial score (nSPS) is 21.7. The second-order valence-corrected chi connectivity index (χ2v) is 7.17. The van der Waals surface area contributed by atoms with Crippen LogP contribution in [-0.2, 0) is 4.74 Å². The molecule has 2 saturated heterocycles. The van der Waals surface area contributed by atoms with E-state index >= 15 is 0 Å². The highest BCUT2D eigenvalue weighted by Gasteiger charge is 2.26. The number of nitrogen functional groups attached to an aromatic ring is 1. The first-order valence-electron chi connectivity index (χ1n) is 9.50. The van der Waals surface area contributed by atoms with Gasteiger partial charge >= 0.3 is 0 Å². The molecule has 0 bridgehead atoms. The van der Waals surface area contributed by atoms with Gasteiger partial charge in [0.2, 0.25) is 5.95 Å². The van der Waals surface area contributed by atoms with Gasteiger partial charge in [-0.25, -0.2) is 22.7 Å². The highest BCUT2D eigenvalue weighted by Crippen LogP contribution is 2.30. The number of hydrogen-bond donors (Lipinski definition) is 2. The van der Waals surface area contributed by atoms with Gasteiger partial charge in [-0.15, -0.1) is 5.10 Å². The summed E-state index contributed by atoms with van der Waals surface area (Å²) in [7, 11) is 0. The monoisotopic (exact) mass is 401 g/mol. The SMILES string of the molecule is Nc1ncc2c(F)cc(C3CCN(CC(F)F)CC3)n2n1.OC1CCCOC1. The Hall–Kier alpha value is -1.91. The van der Waals surface area contributed by atoms with Crippen molar-refractivity contribution >= 4 is 11.5 Å². The van der Waals surface area contributed by atoms with Gasteiger partial charge in [-0.1, -0.05) is 0 Å². The molecule has 1 atom stereocenters. The van der Waals surface area contributed by atoms with Crippen molar-refractivity contribution in [3.8, 4) is 0 Å². The molecule has 2 fully saturated rings. The Bertz CT molecular complexity index is 759. The van der Waals surface area contributed by atoms with Crippen LogP contribution in [0.5, 0.6) is 0 Å². The number of ether oxygens (including phenoxy) is 1. The predicted octanol–water partition coefficient (Wildman–Crippen LogP) is 2.05. The Labute approximate surface area is 161 Å². The molecule has 0 saturated carbocycles. The van der Waals surface area contributed by atoms with E-state index < -0.39 is 6.43 Å². The van der Waals surface area contributed by atoms with Crippen molar-refractivity contribution in [2.24, 2.45) is 0 Å². The van der Waals surface area contributed by atoms with Crippen LogP contribution in [0.25, 0.3) is 5.52 Å². The van der Waals surface area contributed by atoms with Crippen molar-refractivity contribution in [3.05, 3.63) is 23.8 Å². The van der Waals surface area contributed by atoms with E-state index in [1.165, 1.54) is 16.8 Å². The Morgan fingerprint density at radius 1 is 1.29 bits per heavy atom. The lowest BCUT2D eigenvalue weighted by molar-refractivity contribution is -0.00535. The summed E-state index contributed by atoms with van der Waals surface area (Å²) >= 11 is 0. The third-order valence-corrected chi connectivity index (χ3v) is 5.05. The third-order valence-electron chi connectivity index (χ3n) is 5.05. The lowest BCUT2D eigenvalue weighted by atomic mass is 9.93. The Morgan fingerprint density at radius 2 is 2.04 bits per heavy atom. The molecule has 2 aliphatic heterocycles. The van der Waals surface area contributed by atoms with Crippen LogP contribution < -0.4 is 5.73 Å². The van der Waals surface area contributed by atoms with E-state index in [0.29, 0.717) is 32.5 Å². The van der Waals surface area contributed by atoms with E-state index in [2.05, 4.69) is 10.1 Å². The maximum absolute atomic E-state index is 13.9. The molecule has 2 aromatic heterocycles. The molecule has 4 rings (SSSR count). The number of aromatic nitrogens is 3. The molecule has 3 N–H and O–H groups in total. The highest BCUT2D eigenvalue weighted by atomic mass is 19.3. The number of nitrogens with zero attached hydrogens (tertiary/aromatic N) is 4. The van der Waals surface area contributed by atoms with Gasteiger partial charge in [0.05, 0.1) is 25.5 Å². The molecular weight excluding hydrogens is 375 g/mol. The zero-order valence-corrected chi connectivity index (χ0v) is 15.6. The van der Waals surface area contributed by atoms with Gasteiger partial charge in [0.1, 0.15) is 5.52 Å². The van der Waals surface area contributed by atoms with Gasteiger partial charge in [0.15, 0.2) is 5.82 Å². The van der Waals surface area contributed by atoms with Gasteiger partial charge < -0.3 is 15.6 Å². The smallest absolute Gasteiger partial charge is 0.251 e. The van der Waals surface area contributed by atoms with Crippen molar-refractivity contribution in [1.82, 2.24) is 19.5 Å². The average Bonchev–Trinajstić information content (AvgIpc) is 2.99. The maximum atomic E-state index is 13.9. The number of nitrogens with two attached hydrogens (primary N) is 1. The summed E-state index contributed by atoms with van der Waals surface area (Å²) in [6.45, 7) is 2.32. The maximum Gasteiger partial charge on any atom is 0.251 e. The molecule has 0 amide bonds. The van der Waals surface area contributed by atoms with E-state index in [1.807, 2.05) is 0 Å². The number of piperidine rings is 1. The number of likely N-dealkylation sites (tertiary alicyclic amines) is 1. The number of halogens is 3. The van der Waals surface area contributed by atoms with E-state index in [-0.39, 0.29) is 35.8 Å². The first-order valence-corrected chi connectivity index (χ1v) is 9.50. The number of hydrogen-bond acceptors (Lipinski definition) is 6. The van der Waals surface area contributed by atoms with Gasteiger partial charge in [0, 0.05) is 18.2 Å². The first kappa shape index (κ1) is 20.8. The largest absolute Gasteiger partial charge is 0.391 e. The Morgan fingerprint density at radius 3 is 2.61 bits per heavy atom. The summed E-state index contributed by atoms with van der Waals surface area (Å²) in [5.74, 6) is -0.222. The molecule has 4 heterocycles. The average molecular weight is 401 g/mol. The van der Waals surface area contributed by atoms with E-state index in [9.17, 15) is 13.2 Å². The molecule has 2 aliphatic rings. The molecule has 28 heavy (non-hydrogen) atoms. The zero-order chi connectivity index (χ0) is 20.1. The molecule has 156 valence electrons. The fraction of sp³-hybridized carbons (Fsp3) is 0.667. The summed E-state index contributed by atoms with van der Waals surface area (Å²) < 4.78 is 45.0. The number of anilines is 1. The number of aliphatic hydroxyl groups excluding tert-OH is 1. The molecule has 1 unspecified atom stereocenters. The van der Waals surface area contributed by atoms with Crippen LogP contribution in [0.4, 0.5) is 19.1 Å². The fourth-order valence-electron chi connectivity index (χ4n) is 3.61. The summed E-state index contributed by atoms with van der Waals surface area (Å²) in [6, 6.07) is 1.44. The standard InChI is InChI=1S/C13H16F3N5.C5H10O2/c14-9-5-10(21-11(9)6-18-13(17)19-21)8-1-3-20(4-2-8)7-12(15)16;6-5-2-1-3-7-4-5/h5-6,8,12H,1-4,7H2,(H2,17,19);5-6H,1-4H2. The van der Waals surface area contributed by atoms with Crippen LogP contribution in [0.3, 0.4) is 0 Å². The van der Waals surface area contributed by atoms with Crippen LogP contribution >= 0.6 is 0 Å². The van der Waals surface area contributed by atoms with Crippen molar-refractivity contribution < 1.29 is 23.0 Å². The van der Waals surface area contributed by atoms with E-state index in [0.717, 1.165) is 25.1 Å². The molecule has 0 aromatic carbocycles. The zero-order valence-electron chi connectivity index (χ0n) is 15.6. The summed E-state index contributed by atoms with van der Waals surface area (Å²) in [5, 5.41) is 12.8. The number of fused-ring (bicyclic) bond motifs is 1. The highest BCUT2D eigenvalue weighted by molar-refractivity contribution is 5.50. The van der Waals surface area contributed by atoms with Crippen LogP contribution in [0.1, 0.15) is 37.3 Å². The molecule has 0 aliphatic carbocycles. The number of alkyl halides is 2. The van der Waals surface area contributed by atoms with Gasteiger partial charge in [-0.05, 0) is 44.8 Å². The van der Waals surface area contributed by atoms with Crippen molar-refractivity contribution in [1.29, 1.82) is 0 Å². The third kappa shape index (κ3) is 5.33. The van der Waals surface area contributed by atoms with Gasteiger partial charge in [-0.2, -0.15) is 0 Å². The minimum Gasteiger partial charge on any atom is -0.391 e. The van der Waals surface area contributed by atoms with Crippen LogP contribution in [0, 0.1) is 5.82 Å². The Balaban J connectivity index is 0.000000271. The van der Waals surface area contributed by atoms with Crippen LogP contribution in [0.2, 0.25) is 0 Å². The van der Waals surface area contributed by atoms with Crippen LogP contribution in [0.15, 0.2) is 12.3 Å². The van der Waals surface area contributed by atoms with Crippen molar-refractivity contribution in [3.63, 3.8) is 0 Å². The molecule has 10 heteroatoms. The van der Waals surface area contributed by atoms with Crippen molar-refractivity contribution in [2.45, 2.75) is 44.1 Å². The van der Waals surface area contributed by atoms with Crippen LogP contribution in [-0.4, -0.2) is 70.0 Å². The Kier molecular flexibility index (Phi) is 7.08. The van der Waals surface area contributed by atoms with Gasteiger partial charge in [0.25, 0.3) is 6.43 Å². The predicted molar refractivity (Wildman–Crippen MR) is 97.8 cm³/mol. The number of rotatable bonds is 3. The molecule has 0 spiro atoms.